The summed E-state index contributed by atoms with van der Waals surface area (Å²) >= 11 is 1.65. The molecule has 24 heavy (non-hydrogen) atoms. The van der Waals surface area contributed by atoms with Crippen molar-refractivity contribution in [3.05, 3.63) is 11.1 Å². The van der Waals surface area contributed by atoms with Crippen LogP contribution in [-0.2, 0) is 6.54 Å². The van der Waals surface area contributed by atoms with E-state index in [0.29, 0.717) is 18.6 Å². The zero-order valence-electron chi connectivity index (χ0n) is 16.3. The third kappa shape index (κ3) is 7.05. The van der Waals surface area contributed by atoms with Crippen LogP contribution < -0.4 is 15.5 Å². The van der Waals surface area contributed by atoms with E-state index in [-0.39, 0.29) is 0 Å². The molecule has 1 heterocycles. The van der Waals surface area contributed by atoms with Gasteiger partial charge in [0.2, 0.25) is 0 Å². The van der Waals surface area contributed by atoms with Crippen molar-refractivity contribution in [1.29, 1.82) is 0 Å². The monoisotopic (exact) mass is 354 g/mol. The normalized spacial score (nSPS) is 12.3. The molecule has 1 aromatic heterocycles. The van der Waals surface area contributed by atoms with Crippen LogP contribution in [0.3, 0.4) is 0 Å². The highest BCUT2D eigenvalue weighted by atomic mass is 32.1. The van der Waals surface area contributed by atoms with Crippen molar-refractivity contribution in [1.82, 2.24) is 20.5 Å². The molecular weight excluding hydrogens is 320 g/mol. The molecule has 0 spiro atoms. The van der Waals surface area contributed by atoms with Crippen molar-refractivity contribution in [3.8, 4) is 0 Å². The Kier molecular flexibility index (Phi) is 9.07. The van der Waals surface area contributed by atoms with E-state index >= 15 is 0 Å². The van der Waals surface area contributed by atoms with Crippen LogP contribution in [0.1, 0.15) is 40.3 Å². The second kappa shape index (κ2) is 10.5. The molecule has 0 aliphatic heterocycles. The van der Waals surface area contributed by atoms with E-state index in [2.05, 4.69) is 65.5 Å². The van der Waals surface area contributed by atoms with Crippen LogP contribution >= 0.6 is 11.3 Å². The largest absolute Gasteiger partial charge is 0.357 e. The van der Waals surface area contributed by atoms with E-state index in [9.17, 15) is 0 Å². The maximum Gasteiger partial charge on any atom is 0.191 e. The van der Waals surface area contributed by atoms with Gasteiger partial charge in [-0.25, -0.2) is 9.98 Å². The van der Waals surface area contributed by atoms with Gasteiger partial charge in [-0.3, -0.25) is 4.90 Å². The Morgan fingerprint density at radius 3 is 2.38 bits per heavy atom. The predicted molar refractivity (Wildman–Crippen MR) is 106 cm³/mol. The lowest BCUT2D eigenvalue weighted by Crippen LogP contribution is -2.45. The molecule has 0 aliphatic rings. The van der Waals surface area contributed by atoms with E-state index in [1.165, 1.54) is 0 Å². The molecule has 0 saturated heterocycles. The summed E-state index contributed by atoms with van der Waals surface area (Å²) in [5.74, 6) is 0.851. The highest BCUT2D eigenvalue weighted by Gasteiger charge is 2.12. The third-order valence-electron chi connectivity index (χ3n) is 3.65. The number of hydrogen-bond donors (Lipinski definition) is 2. The number of rotatable bonds is 9. The number of guanidine groups is 1. The van der Waals surface area contributed by atoms with E-state index < -0.39 is 0 Å². The van der Waals surface area contributed by atoms with Crippen molar-refractivity contribution in [2.24, 2.45) is 4.99 Å². The van der Waals surface area contributed by atoms with E-state index in [1.807, 2.05) is 19.0 Å². The van der Waals surface area contributed by atoms with Crippen LogP contribution in [0.2, 0.25) is 0 Å². The van der Waals surface area contributed by atoms with Gasteiger partial charge in [-0.1, -0.05) is 0 Å². The fourth-order valence-corrected chi connectivity index (χ4v) is 3.24. The zero-order chi connectivity index (χ0) is 18.1. The van der Waals surface area contributed by atoms with Gasteiger partial charge in [-0.05, 0) is 34.6 Å². The summed E-state index contributed by atoms with van der Waals surface area (Å²) < 4.78 is 0. The molecule has 0 amide bonds. The van der Waals surface area contributed by atoms with Crippen LogP contribution in [0.25, 0.3) is 0 Å². The third-order valence-corrected chi connectivity index (χ3v) is 4.71. The van der Waals surface area contributed by atoms with Crippen molar-refractivity contribution in [3.63, 3.8) is 0 Å². The van der Waals surface area contributed by atoms with E-state index in [0.717, 1.165) is 36.4 Å². The molecule has 1 aromatic rings. The Morgan fingerprint density at radius 2 is 1.88 bits per heavy atom. The minimum absolute atomic E-state index is 0.547. The number of aliphatic imine (C=N–C) groups is 1. The topological polar surface area (TPSA) is 55.8 Å². The van der Waals surface area contributed by atoms with Crippen molar-refractivity contribution in [2.75, 3.05) is 38.6 Å². The van der Waals surface area contributed by atoms with Crippen LogP contribution in [0.5, 0.6) is 0 Å². The molecule has 0 radical (unpaired) electrons. The number of hydrogen-bond acceptors (Lipinski definition) is 5. The summed E-state index contributed by atoms with van der Waals surface area (Å²) in [6, 6.07) is 1.09. The minimum Gasteiger partial charge on any atom is -0.357 e. The summed E-state index contributed by atoms with van der Waals surface area (Å²) in [5.41, 5.74) is 1.01. The molecule has 6 nitrogen and oxygen atoms in total. The number of aromatic nitrogens is 1. The summed E-state index contributed by atoms with van der Waals surface area (Å²) in [6.07, 6.45) is 0. The number of anilines is 1. The van der Waals surface area contributed by atoms with Crippen LogP contribution in [0.4, 0.5) is 5.13 Å². The fourth-order valence-electron chi connectivity index (χ4n) is 2.49. The number of nitrogens with one attached hydrogen (secondary N) is 2. The van der Waals surface area contributed by atoms with Crippen LogP contribution in [0.15, 0.2) is 10.4 Å². The molecule has 0 saturated carbocycles. The van der Waals surface area contributed by atoms with E-state index in [1.54, 1.807) is 11.3 Å². The first-order valence-electron chi connectivity index (χ1n) is 8.74. The summed E-state index contributed by atoms with van der Waals surface area (Å²) in [6.45, 7) is 14.4. The van der Waals surface area contributed by atoms with Crippen LogP contribution in [-0.4, -0.2) is 61.7 Å². The van der Waals surface area contributed by atoms with Gasteiger partial charge in [-0.2, -0.15) is 0 Å². The van der Waals surface area contributed by atoms with Gasteiger partial charge in [0, 0.05) is 51.2 Å². The highest BCUT2D eigenvalue weighted by molar-refractivity contribution is 7.13. The molecule has 2 N–H and O–H groups in total. The molecule has 7 heteroatoms. The average Bonchev–Trinajstić information content (AvgIpc) is 2.97. The summed E-state index contributed by atoms with van der Waals surface area (Å²) in [7, 11) is 4.01. The standard InChI is InChI=1S/C17H34N6S/c1-8-18-16(19-9-10-23(13(2)3)14(4)5)20-11-15-12-24-17(21-15)22(6)7/h12-14H,8-11H2,1-7H3,(H2,18,19,20). The van der Waals surface area contributed by atoms with Gasteiger partial charge >= 0.3 is 0 Å². The van der Waals surface area contributed by atoms with Gasteiger partial charge in [-0.15, -0.1) is 11.3 Å². The second-order valence-corrected chi connectivity index (χ2v) is 7.40. The van der Waals surface area contributed by atoms with Gasteiger partial charge in [0.15, 0.2) is 11.1 Å². The van der Waals surface area contributed by atoms with Crippen molar-refractivity contribution in [2.45, 2.75) is 53.2 Å². The average molecular weight is 355 g/mol. The first-order chi connectivity index (χ1) is 11.3. The summed E-state index contributed by atoms with van der Waals surface area (Å²) in [5, 5.41) is 9.81. The molecule has 0 fully saturated rings. The van der Waals surface area contributed by atoms with Crippen molar-refractivity contribution < 1.29 is 0 Å². The second-order valence-electron chi connectivity index (χ2n) is 6.56. The first-order valence-corrected chi connectivity index (χ1v) is 9.62. The molecule has 0 aliphatic carbocycles. The Bertz CT molecular complexity index is 487. The zero-order valence-corrected chi connectivity index (χ0v) is 17.1. The van der Waals surface area contributed by atoms with Gasteiger partial charge in [0.05, 0.1) is 12.2 Å². The Balaban J connectivity index is 2.55. The van der Waals surface area contributed by atoms with E-state index in [4.69, 9.17) is 0 Å². The lowest BCUT2D eigenvalue weighted by Gasteiger charge is -2.30. The quantitative estimate of drug-likeness (QED) is 0.527. The minimum atomic E-state index is 0.547. The predicted octanol–water partition coefficient (Wildman–Crippen LogP) is 2.38. The molecule has 1 rings (SSSR count). The van der Waals surface area contributed by atoms with Crippen molar-refractivity contribution >= 4 is 22.4 Å². The smallest absolute Gasteiger partial charge is 0.191 e. The molecular formula is C17H34N6S. The maximum absolute atomic E-state index is 4.64. The SMILES string of the molecule is CCNC(=NCc1csc(N(C)C)n1)NCCN(C(C)C)C(C)C. The van der Waals surface area contributed by atoms with Crippen LogP contribution in [0, 0.1) is 0 Å². The number of thiazole rings is 1. The first kappa shape index (κ1) is 20.7. The van der Waals surface area contributed by atoms with Gasteiger partial charge in [0.1, 0.15) is 0 Å². The molecule has 138 valence electrons. The molecule has 0 unspecified atom stereocenters. The Hall–Kier alpha value is -1.34. The maximum atomic E-state index is 4.64. The molecule has 0 atom stereocenters. The van der Waals surface area contributed by atoms with Gasteiger partial charge in [0.25, 0.3) is 0 Å². The molecule has 0 bridgehead atoms. The summed E-state index contributed by atoms with van der Waals surface area (Å²) in [4.78, 5) is 13.7. The number of nitrogens with zero attached hydrogens (tertiary/aromatic N) is 4. The molecule has 0 aromatic carbocycles. The highest BCUT2D eigenvalue weighted by Crippen LogP contribution is 2.18. The lowest BCUT2D eigenvalue weighted by atomic mass is 10.2. The fraction of sp³-hybridized carbons (Fsp3) is 0.765. The lowest BCUT2D eigenvalue weighted by molar-refractivity contribution is 0.178. The Labute approximate surface area is 151 Å². The van der Waals surface area contributed by atoms with Gasteiger partial charge < -0.3 is 15.5 Å². The Morgan fingerprint density at radius 1 is 1.21 bits per heavy atom.